The van der Waals surface area contributed by atoms with Gasteiger partial charge in [-0.05, 0) is 6.92 Å². The number of hydrogen-bond donors (Lipinski definition) is 2. The molecule has 0 aromatic carbocycles. The van der Waals surface area contributed by atoms with Gasteiger partial charge in [0.05, 0.1) is 17.1 Å². The first-order valence-electron chi connectivity index (χ1n) is 5.31. The van der Waals surface area contributed by atoms with Crippen LogP contribution in [-0.4, -0.2) is 19.7 Å². The number of hydrogen-bond acceptors (Lipinski definition) is 6. The third-order valence-corrected chi connectivity index (χ3v) is 2.26. The molecule has 3 N–H and O–H groups in total. The summed E-state index contributed by atoms with van der Waals surface area (Å²) in [6.07, 6.45) is 1.79. The molecule has 0 saturated carbocycles. The van der Waals surface area contributed by atoms with Gasteiger partial charge in [0.2, 0.25) is 0 Å². The van der Waals surface area contributed by atoms with Gasteiger partial charge in [-0.25, -0.2) is 4.98 Å². The minimum absolute atomic E-state index is 0.0848. The highest BCUT2D eigenvalue weighted by atomic mass is 16.6. The van der Waals surface area contributed by atoms with Crippen molar-refractivity contribution in [3.8, 4) is 0 Å². The van der Waals surface area contributed by atoms with E-state index in [-0.39, 0.29) is 11.5 Å². The number of aryl methyl sites for hydroxylation is 1. The number of nitrogens with two attached hydrogens (primary N) is 1. The molecule has 0 unspecified atom stereocenters. The maximum absolute atomic E-state index is 10.7. The zero-order valence-corrected chi connectivity index (χ0v) is 9.70. The van der Waals surface area contributed by atoms with Crippen LogP contribution in [0.2, 0.25) is 0 Å². The second-order valence-corrected chi connectivity index (χ2v) is 3.57. The van der Waals surface area contributed by atoms with Crippen LogP contribution in [0.25, 0.3) is 0 Å². The highest BCUT2D eigenvalue weighted by Crippen LogP contribution is 2.21. The minimum Gasteiger partial charge on any atom is -0.383 e. The van der Waals surface area contributed by atoms with E-state index >= 15 is 0 Å². The summed E-state index contributed by atoms with van der Waals surface area (Å²) in [6.45, 7) is 2.70. The molecule has 0 bridgehead atoms. The van der Waals surface area contributed by atoms with Crippen LogP contribution in [0.4, 0.5) is 23.1 Å². The van der Waals surface area contributed by atoms with Crippen molar-refractivity contribution in [3.63, 3.8) is 0 Å². The molecule has 0 fully saturated rings. The first-order valence-corrected chi connectivity index (χ1v) is 5.31. The van der Waals surface area contributed by atoms with E-state index in [1.165, 1.54) is 12.1 Å². The van der Waals surface area contributed by atoms with Crippen LogP contribution in [0.1, 0.15) is 6.92 Å². The summed E-state index contributed by atoms with van der Waals surface area (Å²) < 4.78 is 1.73. The number of nitrogen functional groups attached to an aromatic ring is 1. The SMILES string of the molecule is CCn1ccc(Nc2cc([N+](=O)[O-])cc(N)n2)n1. The van der Waals surface area contributed by atoms with Crippen LogP contribution >= 0.6 is 0 Å². The molecular weight excluding hydrogens is 236 g/mol. The molecule has 0 aliphatic rings. The fourth-order valence-corrected chi connectivity index (χ4v) is 1.44. The van der Waals surface area contributed by atoms with Crippen molar-refractivity contribution in [1.29, 1.82) is 0 Å². The summed E-state index contributed by atoms with van der Waals surface area (Å²) in [5.74, 6) is 0.939. The normalized spacial score (nSPS) is 10.3. The van der Waals surface area contributed by atoms with Crippen molar-refractivity contribution in [2.45, 2.75) is 13.5 Å². The van der Waals surface area contributed by atoms with Gasteiger partial charge in [0.15, 0.2) is 5.82 Å². The Labute approximate surface area is 103 Å². The standard InChI is InChI=1S/C10H12N6O2/c1-2-15-4-3-9(14-15)13-10-6-7(16(17)18)5-8(11)12-10/h3-6H,2H2,1H3,(H3,11,12,13,14). The molecular formula is C10H12N6O2. The van der Waals surface area contributed by atoms with Gasteiger partial charge in [-0.3, -0.25) is 14.8 Å². The first kappa shape index (κ1) is 11.8. The molecule has 8 nitrogen and oxygen atoms in total. The van der Waals surface area contributed by atoms with Gasteiger partial charge in [-0.2, -0.15) is 5.10 Å². The minimum atomic E-state index is -0.520. The Bertz CT molecular complexity index is 579. The molecule has 0 radical (unpaired) electrons. The molecule has 2 aromatic rings. The Kier molecular flexibility index (Phi) is 3.09. The van der Waals surface area contributed by atoms with E-state index in [2.05, 4.69) is 15.4 Å². The summed E-state index contributed by atoms with van der Waals surface area (Å²) >= 11 is 0. The van der Waals surface area contributed by atoms with Crippen LogP contribution in [0, 0.1) is 10.1 Å². The average Bonchev–Trinajstić information content (AvgIpc) is 2.76. The van der Waals surface area contributed by atoms with Gasteiger partial charge >= 0.3 is 0 Å². The zero-order valence-electron chi connectivity index (χ0n) is 9.70. The lowest BCUT2D eigenvalue weighted by atomic mass is 10.3. The summed E-state index contributed by atoms with van der Waals surface area (Å²) in [4.78, 5) is 14.1. The van der Waals surface area contributed by atoms with Crippen LogP contribution in [0.15, 0.2) is 24.4 Å². The summed E-state index contributed by atoms with van der Waals surface area (Å²) in [5.41, 5.74) is 5.39. The van der Waals surface area contributed by atoms with E-state index in [0.717, 1.165) is 6.54 Å². The molecule has 0 spiro atoms. The number of nitrogens with one attached hydrogen (secondary N) is 1. The highest BCUT2D eigenvalue weighted by Gasteiger charge is 2.10. The van der Waals surface area contributed by atoms with Crippen LogP contribution in [0.3, 0.4) is 0 Å². The van der Waals surface area contributed by atoms with E-state index < -0.39 is 4.92 Å². The molecule has 0 saturated heterocycles. The van der Waals surface area contributed by atoms with Gasteiger partial charge in [-0.15, -0.1) is 0 Å². The van der Waals surface area contributed by atoms with Crippen LogP contribution < -0.4 is 11.1 Å². The lowest BCUT2D eigenvalue weighted by Gasteiger charge is -2.03. The molecule has 8 heteroatoms. The average molecular weight is 248 g/mol. The van der Waals surface area contributed by atoms with Gasteiger partial charge in [0, 0.05) is 18.8 Å². The van der Waals surface area contributed by atoms with Crippen LogP contribution in [-0.2, 0) is 6.54 Å². The number of aromatic nitrogens is 3. The second-order valence-electron chi connectivity index (χ2n) is 3.57. The molecule has 0 atom stereocenters. The number of rotatable bonds is 4. The van der Waals surface area contributed by atoms with E-state index in [1.54, 1.807) is 16.9 Å². The van der Waals surface area contributed by atoms with E-state index in [0.29, 0.717) is 11.6 Å². The van der Waals surface area contributed by atoms with Crippen molar-refractivity contribution < 1.29 is 4.92 Å². The molecule has 94 valence electrons. The number of anilines is 3. The van der Waals surface area contributed by atoms with Crippen LogP contribution in [0.5, 0.6) is 0 Å². The topological polar surface area (TPSA) is 112 Å². The van der Waals surface area contributed by atoms with Crippen molar-refractivity contribution in [3.05, 3.63) is 34.5 Å². The predicted octanol–water partition coefficient (Wildman–Crippen LogP) is 1.53. The lowest BCUT2D eigenvalue weighted by Crippen LogP contribution is -2.01. The first-order chi connectivity index (χ1) is 8.58. The number of nitro groups is 1. The Balaban J connectivity index is 2.25. The maximum Gasteiger partial charge on any atom is 0.276 e. The maximum atomic E-state index is 10.7. The zero-order chi connectivity index (χ0) is 13.1. The van der Waals surface area contributed by atoms with Gasteiger partial charge < -0.3 is 11.1 Å². The molecule has 2 rings (SSSR count). The number of pyridine rings is 1. The third kappa shape index (κ3) is 2.54. The molecule has 2 aromatic heterocycles. The molecule has 0 aliphatic carbocycles. The van der Waals surface area contributed by atoms with E-state index in [9.17, 15) is 10.1 Å². The fraction of sp³-hybridized carbons (Fsp3) is 0.200. The Morgan fingerprint density at radius 2 is 2.28 bits per heavy atom. The van der Waals surface area contributed by atoms with E-state index in [1.807, 2.05) is 6.92 Å². The fourth-order valence-electron chi connectivity index (χ4n) is 1.44. The van der Waals surface area contributed by atoms with Crippen molar-refractivity contribution in [2.75, 3.05) is 11.1 Å². The Hall–Kier alpha value is -2.64. The number of nitrogens with zero attached hydrogens (tertiary/aromatic N) is 4. The molecule has 18 heavy (non-hydrogen) atoms. The molecule has 2 heterocycles. The summed E-state index contributed by atoms with van der Waals surface area (Å²) in [7, 11) is 0. The largest absolute Gasteiger partial charge is 0.383 e. The van der Waals surface area contributed by atoms with Crippen molar-refractivity contribution >= 4 is 23.1 Å². The van der Waals surface area contributed by atoms with Gasteiger partial charge in [0.25, 0.3) is 5.69 Å². The summed E-state index contributed by atoms with van der Waals surface area (Å²) in [5, 5.41) is 17.7. The second kappa shape index (κ2) is 4.70. The molecule has 0 aliphatic heterocycles. The summed E-state index contributed by atoms with van der Waals surface area (Å²) in [6, 6.07) is 4.26. The van der Waals surface area contributed by atoms with Crippen molar-refractivity contribution in [2.24, 2.45) is 0 Å². The third-order valence-electron chi connectivity index (χ3n) is 2.26. The Morgan fingerprint density at radius 3 is 2.89 bits per heavy atom. The van der Waals surface area contributed by atoms with Crippen molar-refractivity contribution in [1.82, 2.24) is 14.8 Å². The predicted molar refractivity (Wildman–Crippen MR) is 66.5 cm³/mol. The molecule has 0 amide bonds. The van der Waals surface area contributed by atoms with Gasteiger partial charge in [0.1, 0.15) is 11.6 Å². The van der Waals surface area contributed by atoms with Gasteiger partial charge in [-0.1, -0.05) is 0 Å². The van der Waals surface area contributed by atoms with E-state index in [4.69, 9.17) is 5.73 Å². The monoisotopic (exact) mass is 248 g/mol. The Morgan fingerprint density at radius 1 is 1.50 bits per heavy atom. The highest BCUT2D eigenvalue weighted by molar-refractivity contribution is 5.58. The smallest absolute Gasteiger partial charge is 0.276 e. The quantitative estimate of drug-likeness (QED) is 0.626. The lowest BCUT2D eigenvalue weighted by molar-refractivity contribution is -0.384.